The van der Waals surface area contributed by atoms with Crippen molar-refractivity contribution in [3.8, 4) is 0 Å². The first-order chi connectivity index (χ1) is 14.0. The molecule has 0 unspecified atom stereocenters. The predicted octanol–water partition coefficient (Wildman–Crippen LogP) is 4.14. The fourth-order valence-electron chi connectivity index (χ4n) is 4.50. The van der Waals surface area contributed by atoms with E-state index in [4.69, 9.17) is 9.47 Å². The van der Waals surface area contributed by atoms with Crippen LogP contribution in [0, 0.1) is 17.6 Å². The van der Waals surface area contributed by atoms with Crippen molar-refractivity contribution in [1.29, 1.82) is 0 Å². The molecule has 0 spiro atoms. The highest BCUT2D eigenvalue weighted by molar-refractivity contribution is 5.74. The average Bonchev–Trinajstić information content (AvgIpc) is 3.09. The van der Waals surface area contributed by atoms with E-state index >= 15 is 0 Å². The summed E-state index contributed by atoms with van der Waals surface area (Å²) in [5, 5.41) is 3.50. The van der Waals surface area contributed by atoms with Crippen LogP contribution in [0.4, 0.5) is 8.78 Å². The van der Waals surface area contributed by atoms with Gasteiger partial charge in [0, 0.05) is 12.1 Å². The van der Waals surface area contributed by atoms with Gasteiger partial charge in [0.15, 0.2) is 0 Å². The third kappa shape index (κ3) is 4.33. The minimum Gasteiger partial charge on any atom is -0.466 e. The molecular formula is C23H25F2NO3. The lowest BCUT2D eigenvalue weighted by Crippen LogP contribution is -2.52. The Labute approximate surface area is 169 Å². The molecule has 4 rings (SSSR count). The second-order valence-electron chi connectivity index (χ2n) is 7.72. The van der Waals surface area contributed by atoms with Crippen LogP contribution < -0.4 is 5.32 Å². The molecule has 0 saturated carbocycles. The van der Waals surface area contributed by atoms with Crippen LogP contribution in [-0.2, 0) is 14.3 Å². The number of piperidine rings is 1. The Morgan fingerprint density at radius 2 is 1.62 bits per heavy atom. The Bertz CT molecular complexity index is 795. The molecule has 4 nitrogen and oxygen atoms in total. The first-order valence-electron chi connectivity index (χ1n) is 10.1. The predicted molar refractivity (Wildman–Crippen MR) is 104 cm³/mol. The largest absolute Gasteiger partial charge is 0.466 e. The maximum Gasteiger partial charge on any atom is 0.313 e. The lowest BCUT2D eigenvalue weighted by molar-refractivity contribution is -0.159. The van der Waals surface area contributed by atoms with Crippen molar-refractivity contribution in [2.45, 2.75) is 50.5 Å². The van der Waals surface area contributed by atoms with Crippen LogP contribution in [0.2, 0.25) is 0 Å². The van der Waals surface area contributed by atoms with Crippen molar-refractivity contribution in [2.75, 3.05) is 6.61 Å². The molecule has 2 heterocycles. The fourth-order valence-corrected chi connectivity index (χ4v) is 4.50. The summed E-state index contributed by atoms with van der Waals surface area (Å²) in [6.07, 6.45) is 1.73. The highest BCUT2D eigenvalue weighted by Crippen LogP contribution is 2.38. The van der Waals surface area contributed by atoms with Crippen LogP contribution in [0.15, 0.2) is 48.5 Å². The number of hydrogen-bond acceptors (Lipinski definition) is 4. The smallest absolute Gasteiger partial charge is 0.313 e. The Balaban J connectivity index is 1.65. The van der Waals surface area contributed by atoms with Crippen molar-refractivity contribution in [2.24, 2.45) is 5.92 Å². The van der Waals surface area contributed by atoms with E-state index in [1.165, 1.54) is 24.3 Å². The van der Waals surface area contributed by atoms with Crippen molar-refractivity contribution < 1.29 is 23.0 Å². The van der Waals surface area contributed by atoms with Gasteiger partial charge in [-0.05, 0) is 61.6 Å². The van der Waals surface area contributed by atoms with E-state index in [0.717, 1.165) is 24.0 Å². The highest BCUT2D eigenvalue weighted by Gasteiger charge is 2.47. The number of ether oxygens (including phenoxy) is 2. The van der Waals surface area contributed by atoms with Crippen molar-refractivity contribution in [1.82, 2.24) is 5.32 Å². The summed E-state index contributed by atoms with van der Waals surface area (Å²) >= 11 is 0. The van der Waals surface area contributed by atoms with E-state index in [1.54, 1.807) is 31.2 Å². The fraction of sp³-hybridized carbons (Fsp3) is 0.435. The lowest BCUT2D eigenvalue weighted by atomic mass is 9.88. The number of rotatable bonds is 6. The molecule has 2 saturated heterocycles. The second kappa shape index (κ2) is 8.59. The van der Waals surface area contributed by atoms with Gasteiger partial charge in [-0.3, -0.25) is 4.79 Å². The van der Waals surface area contributed by atoms with Gasteiger partial charge >= 0.3 is 5.97 Å². The number of benzene rings is 2. The van der Waals surface area contributed by atoms with Crippen LogP contribution in [0.5, 0.6) is 0 Å². The SMILES string of the molecule is CCOC(=O)[C@@H]1[C@@H]2CC[C@H](C[C@@H]1OC(c1ccc(F)cc1)c1ccc(F)cc1)N2. The molecule has 29 heavy (non-hydrogen) atoms. The lowest BCUT2D eigenvalue weighted by Gasteiger charge is -2.38. The molecule has 0 radical (unpaired) electrons. The van der Waals surface area contributed by atoms with Gasteiger partial charge in [0.25, 0.3) is 0 Å². The molecule has 0 aliphatic carbocycles. The Hall–Kier alpha value is -2.31. The summed E-state index contributed by atoms with van der Waals surface area (Å²) in [5.74, 6) is -1.34. The van der Waals surface area contributed by atoms with Gasteiger partial charge in [0.1, 0.15) is 17.7 Å². The molecule has 2 aliphatic rings. The number of carbonyl (C=O) groups is 1. The molecule has 0 amide bonds. The first kappa shape index (κ1) is 20.0. The summed E-state index contributed by atoms with van der Waals surface area (Å²) < 4.78 is 38.8. The van der Waals surface area contributed by atoms with E-state index in [2.05, 4.69) is 5.32 Å². The zero-order valence-corrected chi connectivity index (χ0v) is 16.3. The zero-order valence-electron chi connectivity index (χ0n) is 16.3. The van der Waals surface area contributed by atoms with E-state index in [-0.39, 0.29) is 29.7 Å². The summed E-state index contributed by atoms with van der Waals surface area (Å²) in [7, 11) is 0. The number of nitrogens with one attached hydrogen (secondary N) is 1. The molecule has 2 bridgehead atoms. The Morgan fingerprint density at radius 1 is 1.03 bits per heavy atom. The van der Waals surface area contributed by atoms with Gasteiger partial charge in [-0.15, -0.1) is 0 Å². The zero-order chi connectivity index (χ0) is 20.4. The van der Waals surface area contributed by atoms with Gasteiger partial charge in [-0.25, -0.2) is 8.78 Å². The molecule has 1 N–H and O–H groups in total. The Kier molecular flexibility index (Phi) is 5.92. The molecule has 2 aromatic carbocycles. The van der Waals surface area contributed by atoms with E-state index in [9.17, 15) is 13.6 Å². The molecule has 6 heteroatoms. The third-order valence-corrected chi connectivity index (χ3v) is 5.84. The number of halogens is 2. The summed E-state index contributed by atoms with van der Waals surface area (Å²) in [4.78, 5) is 12.7. The standard InChI is InChI=1S/C23H25F2NO3/c1-2-28-23(27)21-19-12-11-18(26-19)13-20(21)29-22(14-3-7-16(24)8-4-14)15-5-9-17(25)10-6-15/h3-10,18-22,26H,2,11-13H2,1H3/t18-,19+,20+,21-/m1/s1. The van der Waals surface area contributed by atoms with E-state index < -0.39 is 12.0 Å². The van der Waals surface area contributed by atoms with Crippen molar-refractivity contribution in [3.63, 3.8) is 0 Å². The molecule has 154 valence electrons. The molecule has 2 fully saturated rings. The third-order valence-electron chi connectivity index (χ3n) is 5.84. The normalized spacial score (nSPS) is 25.9. The van der Waals surface area contributed by atoms with E-state index in [0.29, 0.717) is 19.1 Å². The van der Waals surface area contributed by atoms with Gasteiger partial charge in [-0.1, -0.05) is 24.3 Å². The number of esters is 1. The topological polar surface area (TPSA) is 47.6 Å². The second-order valence-corrected chi connectivity index (χ2v) is 7.72. The molecular weight excluding hydrogens is 376 g/mol. The van der Waals surface area contributed by atoms with Crippen LogP contribution in [0.3, 0.4) is 0 Å². The first-order valence-corrected chi connectivity index (χ1v) is 10.1. The van der Waals surface area contributed by atoms with Gasteiger partial charge < -0.3 is 14.8 Å². The maximum atomic E-state index is 13.5. The highest BCUT2D eigenvalue weighted by atomic mass is 19.1. The van der Waals surface area contributed by atoms with Crippen molar-refractivity contribution in [3.05, 3.63) is 71.3 Å². The number of hydrogen-bond donors (Lipinski definition) is 1. The maximum absolute atomic E-state index is 13.5. The van der Waals surface area contributed by atoms with Gasteiger partial charge in [-0.2, -0.15) is 0 Å². The Morgan fingerprint density at radius 3 is 2.17 bits per heavy atom. The van der Waals surface area contributed by atoms with Crippen molar-refractivity contribution >= 4 is 5.97 Å². The minimum atomic E-state index is -0.532. The quantitative estimate of drug-likeness (QED) is 0.739. The average molecular weight is 401 g/mol. The van der Waals surface area contributed by atoms with Gasteiger partial charge in [0.2, 0.25) is 0 Å². The molecule has 2 aromatic rings. The van der Waals surface area contributed by atoms with Gasteiger partial charge in [0.05, 0.1) is 18.6 Å². The molecule has 0 aromatic heterocycles. The summed E-state index contributed by atoms with van der Waals surface area (Å²) in [6.45, 7) is 2.11. The molecule has 2 aliphatic heterocycles. The molecule has 4 atom stereocenters. The minimum absolute atomic E-state index is 0.0277. The van der Waals surface area contributed by atoms with E-state index in [1.807, 2.05) is 0 Å². The van der Waals surface area contributed by atoms with Crippen LogP contribution in [0.1, 0.15) is 43.4 Å². The van der Waals surface area contributed by atoms with Crippen LogP contribution >= 0.6 is 0 Å². The number of carbonyl (C=O) groups excluding carboxylic acids is 1. The summed E-state index contributed by atoms with van der Waals surface area (Å²) in [5.41, 5.74) is 1.51. The number of fused-ring (bicyclic) bond motifs is 2. The van der Waals surface area contributed by atoms with Crippen LogP contribution in [0.25, 0.3) is 0 Å². The summed E-state index contributed by atoms with van der Waals surface area (Å²) in [6, 6.07) is 12.5. The monoisotopic (exact) mass is 401 g/mol. The van der Waals surface area contributed by atoms with Crippen LogP contribution in [-0.4, -0.2) is 30.8 Å².